The minimum Gasteiger partial charge on any atom is -0.459 e. The number of pyridine rings is 1. The Bertz CT molecular complexity index is 946. The molecular formula is C22H22N2O2. The van der Waals surface area contributed by atoms with Crippen LogP contribution in [-0.2, 0) is 4.74 Å². The van der Waals surface area contributed by atoms with Gasteiger partial charge in [0.1, 0.15) is 6.10 Å². The van der Waals surface area contributed by atoms with Crippen LogP contribution < -0.4 is 5.32 Å². The first kappa shape index (κ1) is 16.7. The number of hydrogen-bond acceptors (Lipinski definition) is 4. The number of benzene rings is 2. The maximum atomic E-state index is 12.8. The number of carbonyl (C=O) groups excluding carboxylic acids is 1. The fourth-order valence-corrected chi connectivity index (χ4v) is 3.54. The Balaban J connectivity index is 1.75. The topological polar surface area (TPSA) is 51.2 Å². The van der Waals surface area contributed by atoms with E-state index in [-0.39, 0.29) is 12.1 Å². The molecule has 1 aliphatic heterocycles. The Labute approximate surface area is 153 Å². The van der Waals surface area contributed by atoms with Crippen LogP contribution in [0.2, 0.25) is 0 Å². The van der Waals surface area contributed by atoms with E-state index in [9.17, 15) is 4.79 Å². The lowest BCUT2D eigenvalue weighted by atomic mass is 9.98. The summed E-state index contributed by atoms with van der Waals surface area (Å²) in [5.41, 5.74) is 3.69. The molecule has 0 atom stereocenters. The largest absolute Gasteiger partial charge is 0.459 e. The van der Waals surface area contributed by atoms with Gasteiger partial charge in [-0.3, -0.25) is 4.98 Å². The third kappa shape index (κ3) is 3.20. The van der Waals surface area contributed by atoms with Crippen LogP contribution in [0.4, 0.5) is 0 Å². The van der Waals surface area contributed by atoms with E-state index in [1.54, 1.807) is 6.20 Å². The number of rotatable bonds is 3. The highest BCUT2D eigenvalue weighted by Crippen LogP contribution is 2.31. The zero-order valence-electron chi connectivity index (χ0n) is 14.9. The Morgan fingerprint density at radius 2 is 1.73 bits per heavy atom. The Hall–Kier alpha value is -2.72. The van der Waals surface area contributed by atoms with Crippen LogP contribution in [0, 0.1) is 6.92 Å². The molecule has 0 unspecified atom stereocenters. The normalized spacial score (nSPS) is 15.1. The number of fused-ring (bicyclic) bond motifs is 1. The van der Waals surface area contributed by atoms with E-state index in [1.807, 2.05) is 36.4 Å². The zero-order chi connectivity index (χ0) is 17.9. The standard InChI is InChI=1S/C22H22N2O2/c1-15-6-2-3-7-17(15)21-19-9-5-4-8-18(19)20(14-24-21)22(25)26-16-10-12-23-13-11-16/h2-9,14,16,23H,10-13H2,1H3. The third-order valence-corrected chi connectivity index (χ3v) is 4.98. The van der Waals surface area contributed by atoms with E-state index < -0.39 is 0 Å². The lowest BCUT2D eigenvalue weighted by Crippen LogP contribution is -2.33. The van der Waals surface area contributed by atoms with Crippen molar-refractivity contribution in [2.45, 2.75) is 25.9 Å². The van der Waals surface area contributed by atoms with Crippen LogP contribution >= 0.6 is 0 Å². The van der Waals surface area contributed by atoms with E-state index >= 15 is 0 Å². The number of nitrogens with zero attached hydrogens (tertiary/aromatic N) is 1. The molecule has 1 aromatic heterocycles. The van der Waals surface area contributed by atoms with Crippen LogP contribution in [-0.4, -0.2) is 30.1 Å². The van der Waals surface area contributed by atoms with Crippen molar-refractivity contribution in [3.63, 3.8) is 0 Å². The Morgan fingerprint density at radius 3 is 2.50 bits per heavy atom. The van der Waals surface area contributed by atoms with Gasteiger partial charge in [0.15, 0.2) is 0 Å². The molecule has 0 aliphatic carbocycles. The van der Waals surface area contributed by atoms with E-state index in [4.69, 9.17) is 4.74 Å². The Kier molecular flexibility index (Phi) is 4.67. The second-order valence-corrected chi connectivity index (χ2v) is 6.74. The van der Waals surface area contributed by atoms with Crippen molar-refractivity contribution < 1.29 is 9.53 Å². The number of hydrogen-bond donors (Lipinski definition) is 1. The summed E-state index contributed by atoms with van der Waals surface area (Å²) in [5, 5.41) is 5.15. The molecule has 2 heterocycles. The number of aryl methyl sites for hydroxylation is 1. The van der Waals surface area contributed by atoms with Crippen LogP contribution in [0.1, 0.15) is 28.8 Å². The van der Waals surface area contributed by atoms with Crippen molar-refractivity contribution >= 4 is 16.7 Å². The average molecular weight is 346 g/mol. The molecule has 4 nitrogen and oxygen atoms in total. The van der Waals surface area contributed by atoms with Crippen molar-refractivity contribution in [2.24, 2.45) is 0 Å². The van der Waals surface area contributed by atoms with Gasteiger partial charge in [-0.05, 0) is 43.8 Å². The summed E-state index contributed by atoms with van der Waals surface area (Å²) in [6, 6.07) is 16.1. The van der Waals surface area contributed by atoms with Crippen molar-refractivity contribution in [1.29, 1.82) is 0 Å². The van der Waals surface area contributed by atoms with Gasteiger partial charge in [0.05, 0.1) is 11.3 Å². The van der Waals surface area contributed by atoms with Gasteiger partial charge >= 0.3 is 5.97 Å². The number of piperidine rings is 1. The van der Waals surface area contributed by atoms with Gasteiger partial charge in [-0.1, -0.05) is 48.5 Å². The first-order valence-corrected chi connectivity index (χ1v) is 9.09. The summed E-state index contributed by atoms with van der Waals surface area (Å²) < 4.78 is 5.74. The fraction of sp³-hybridized carbons (Fsp3) is 0.273. The van der Waals surface area contributed by atoms with Gasteiger partial charge in [-0.15, -0.1) is 0 Å². The minimum atomic E-state index is -0.281. The highest BCUT2D eigenvalue weighted by Gasteiger charge is 2.21. The van der Waals surface area contributed by atoms with Crippen LogP contribution in [0.15, 0.2) is 54.7 Å². The molecule has 0 radical (unpaired) electrons. The number of ether oxygens (including phenoxy) is 1. The SMILES string of the molecule is Cc1ccccc1-c1ncc(C(=O)OC2CCNCC2)c2ccccc12. The van der Waals surface area contributed by atoms with Crippen LogP contribution in [0.3, 0.4) is 0 Å². The average Bonchev–Trinajstić information content (AvgIpc) is 2.68. The van der Waals surface area contributed by atoms with Gasteiger partial charge in [-0.25, -0.2) is 4.79 Å². The van der Waals surface area contributed by atoms with Gasteiger partial charge in [0, 0.05) is 17.1 Å². The Morgan fingerprint density at radius 1 is 1.04 bits per heavy atom. The lowest BCUT2D eigenvalue weighted by molar-refractivity contribution is 0.0231. The first-order chi connectivity index (χ1) is 12.7. The van der Waals surface area contributed by atoms with Crippen molar-refractivity contribution in [3.8, 4) is 11.3 Å². The van der Waals surface area contributed by atoms with E-state index in [1.165, 1.54) is 0 Å². The quantitative estimate of drug-likeness (QED) is 0.725. The van der Waals surface area contributed by atoms with Gasteiger partial charge in [-0.2, -0.15) is 0 Å². The summed E-state index contributed by atoms with van der Waals surface area (Å²) >= 11 is 0. The summed E-state index contributed by atoms with van der Waals surface area (Å²) in [6.45, 7) is 3.86. The number of carbonyl (C=O) groups is 1. The molecule has 4 rings (SSSR count). The summed E-state index contributed by atoms with van der Waals surface area (Å²) in [7, 11) is 0. The predicted molar refractivity (Wildman–Crippen MR) is 103 cm³/mol. The zero-order valence-corrected chi connectivity index (χ0v) is 14.9. The summed E-state index contributed by atoms with van der Waals surface area (Å²) in [6.07, 6.45) is 3.36. The summed E-state index contributed by atoms with van der Waals surface area (Å²) in [4.78, 5) is 17.4. The molecule has 0 spiro atoms. The highest BCUT2D eigenvalue weighted by atomic mass is 16.5. The molecule has 132 valence electrons. The van der Waals surface area contributed by atoms with E-state index in [2.05, 4.69) is 29.4 Å². The first-order valence-electron chi connectivity index (χ1n) is 9.09. The van der Waals surface area contributed by atoms with Crippen molar-refractivity contribution in [1.82, 2.24) is 10.3 Å². The third-order valence-electron chi connectivity index (χ3n) is 4.98. The van der Waals surface area contributed by atoms with Gasteiger partial charge in [0.25, 0.3) is 0 Å². The molecule has 26 heavy (non-hydrogen) atoms. The van der Waals surface area contributed by atoms with Gasteiger partial charge in [0.2, 0.25) is 0 Å². The number of aromatic nitrogens is 1. The molecule has 2 aromatic carbocycles. The second kappa shape index (κ2) is 7.26. The highest BCUT2D eigenvalue weighted by molar-refractivity contribution is 6.08. The van der Waals surface area contributed by atoms with Crippen LogP contribution in [0.25, 0.3) is 22.0 Å². The van der Waals surface area contributed by atoms with Gasteiger partial charge < -0.3 is 10.1 Å². The number of esters is 1. The molecule has 0 amide bonds. The summed E-state index contributed by atoms with van der Waals surface area (Å²) in [5.74, 6) is -0.281. The fourth-order valence-electron chi connectivity index (χ4n) is 3.54. The molecule has 0 saturated carbocycles. The molecular weight excluding hydrogens is 324 g/mol. The lowest BCUT2D eigenvalue weighted by Gasteiger charge is -2.23. The molecule has 0 bridgehead atoms. The molecule has 1 saturated heterocycles. The molecule has 1 fully saturated rings. The second-order valence-electron chi connectivity index (χ2n) is 6.74. The van der Waals surface area contributed by atoms with E-state index in [0.29, 0.717) is 5.56 Å². The maximum absolute atomic E-state index is 12.8. The number of nitrogens with one attached hydrogen (secondary N) is 1. The van der Waals surface area contributed by atoms with E-state index in [0.717, 1.165) is 53.5 Å². The predicted octanol–water partition coefficient (Wildman–Crippen LogP) is 4.12. The smallest absolute Gasteiger partial charge is 0.340 e. The van der Waals surface area contributed by atoms with Crippen molar-refractivity contribution in [3.05, 3.63) is 65.9 Å². The molecule has 4 heteroatoms. The monoisotopic (exact) mass is 346 g/mol. The maximum Gasteiger partial charge on any atom is 0.340 e. The molecule has 3 aromatic rings. The molecule has 1 aliphatic rings. The minimum absolute atomic E-state index is 0.0152. The van der Waals surface area contributed by atoms with Crippen molar-refractivity contribution in [2.75, 3.05) is 13.1 Å². The molecule has 1 N–H and O–H groups in total. The van der Waals surface area contributed by atoms with Crippen LogP contribution in [0.5, 0.6) is 0 Å².